The average Bonchev–Trinajstić information content (AvgIpc) is 2.95. The van der Waals surface area contributed by atoms with Gasteiger partial charge in [-0.15, -0.1) is 0 Å². The summed E-state index contributed by atoms with van der Waals surface area (Å²) in [6.45, 7) is 5.82. The Labute approximate surface area is 139 Å². The van der Waals surface area contributed by atoms with Crippen molar-refractivity contribution in [2.45, 2.75) is 32.5 Å². The van der Waals surface area contributed by atoms with Gasteiger partial charge in [-0.05, 0) is 49.1 Å². The van der Waals surface area contributed by atoms with Gasteiger partial charge in [0.1, 0.15) is 12.4 Å². The molecule has 2 unspecified atom stereocenters. The summed E-state index contributed by atoms with van der Waals surface area (Å²) in [5.41, 5.74) is 8.33. The molecule has 0 spiro atoms. The number of nitrogens with zero attached hydrogens (tertiary/aromatic N) is 1. The second-order valence-electron chi connectivity index (χ2n) is 6.53. The van der Waals surface area contributed by atoms with Crippen LogP contribution in [0.3, 0.4) is 0 Å². The van der Waals surface area contributed by atoms with Gasteiger partial charge in [0.15, 0.2) is 0 Å². The molecule has 2 atom stereocenters. The van der Waals surface area contributed by atoms with Crippen LogP contribution < -0.4 is 10.5 Å². The second kappa shape index (κ2) is 7.62. The zero-order valence-corrected chi connectivity index (χ0v) is 13.8. The fraction of sp³-hybridized carbons (Fsp3) is 0.400. The van der Waals surface area contributed by atoms with E-state index in [1.807, 2.05) is 18.2 Å². The first-order valence-corrected chi connectivity index (χ1v) is 8.44. The predicted molar refractivity (Wildman–Crippen MR) is 94.2 cm³/mol. The number of hydrogen-bond donors (Lipinski definition) is 1. The highest BCUT2D eigenvalue weighted by Crippen LogP contribution is 2.24. The molecule has 0 aromatic heterocycles. The van der Waals surface area contributed by atoms with Crippen LogP contribution >= 0.6 is 0 Å². The molecule has 1 aliphatic rings. The number of benzene rings is 2. The lowest BCUT2D eigenvalue weighted by atomic mass is 10.1. The van der Waals surface area contributed by atoms with Gasteiger partial charge in [-0.2, -0.15) is 0 Å². The molecule has 122 valence electrons. The van der Waals surface area contributed by atoms with E-state index in [9.17, 15) is 0 Å². The summed E-state index contributed by atoms with van der Waals surface area (Å²) in [5.74, 6) is 1.57. The van der Waals surface area contributed by atoms with E-state index in [4.69, 9.17) is 10.5 Å². The summed E-state index contributed by atoms with van der Waals surface area (Å²) in [7, 11) is 0. The first-order chi connectivity index (χ1) is 11.2. The van der Waals surface area contributed by atoms with Crippen LogP contribution in [0.25, 0.3) is 0 Å². The minimum absolute atomic E-state index is 0.613. The first-order valence-electron chi connectivity index (χ1n) is 8.44. The van der Waals surface area contributed by atoms with Gasteiger partial charge >= 0.3 is 0 Å². The summed E-state index contributed by atoms with van der Waals surface area (Å²) < 4.78 is 5.84. The molecule has 1 heterocycles. The van der Waals surface area contributed by atoms with Crippen molar-refractivity contribution < 1.29 is 4.74 Å². The van der Waals surface area contributed by atoms with Crippen molar-refractivity contribution in [1.82, 2.24) is 4.90 Å². The minimum atomic E-state index is 0.613. The Balaban J connectivity index is 1.53. The third-order valence-electron chi connectivity index (χ3n) is 4.68. The van der Waals surface area contributed by atoms with Gasteiger partial charge in [-0.1, -0.05) is 42.5 Å². The molecule has 0 amide bonds. The molecule has 3 nitrogen and oxygen atoms in total. The van der Waals surface area contributed by atoms with Crippen molar-refractivity contribution in [3.8, 4) is 5.75 Å². The average molecular weight is 310 g/mol. The standard InChI is InChI=1S/C20H26N2O/c1-16-11-19(12-21)14-22(16)13-17-7-9-20(10-8-17)23-15-18-5-3-2-4-6-18/h2-10,16,19H,11-15,21H2,1H3. The van der Waals surface area contributed by atoms with Crippen molar-refractivity contribution >= 4 is 0 Å². The zero-order valence-electron chi connectivity index (χ0n) is 13.8. The number of nitrogens with two attached hydrogens (primary N) is 1. The van der Waals surface area contributed by atoms with Crippen molar-refractivity contribution in [1.29, 1.82) is 0 Å². The van der Waals surface area contributed by atoms with E-state index in [-0.39, 0.29) is 0 Å². The third-order valence-corrected chi connectivity index (χ3v) is 4.68. The van der Waals surface area contributed by atoms with Gasteiger partial charge in [-0.3, -0.25) is 4.90 Å². The molecule has 0 saturated carbocycles. The fourth-order valence-corrected chi connectivity index (χ4v) is 3.28. The maximum atomic E-state index is 5.84. The topological polar surface area (TPSA) is 38.5 Å². The maximum Gasteiger partial charge on any atom is 0.119 e. The minimum Gasteiger partial charge on any atom is -0.489 e. The number of ether oxygens (including phenoxy) is 1. The fourth-order valence-electron chi connectivity index (χ4n) is 3.28. The molecule has 2 aromatic carbocycles. The highest BCUT2D eigenvalue weighted by molar-refractivity contribution is 5.28. The van der Waals surface area contributed by atoms with Crippen LogP contribution in [0.2, 0.25) is 0 Å². The van der Waals surface area contributed by atoms with Crippen molar-refractivity contribution in [2.24, 2.45) is 11.7 Å². The molecule has 2 N–H and O–H groups in total. The second-order valence-corrected chi connectivity index (χ2v) is 6.53. The summed E-state index contributed by atoms with van der Waals surface area (Å²) >= 11 is 0. The predicted octanol–water partition coefficient (Wildman–Crippen LogP) is 3.43. The number of likely N-dealkylation sites (tertiary alicyclic amines) is 1. The van der Waals surface area contributed by atoms with Crippen LogP contribution in [0.4, 0.5) is 0 Å². The van der Waals surface area contributed by atoms with E-state index in [0.717, 1.165) is 25.4 Å². The SMILES string of the molecule is CC1CC(CN)CN1Cc1ccc(OCc2ccccc2)cc1. The van der Waals surface area contributed by atoms with Crippen molar-refractivity contribution in [3.63, 3.8) is 0 Å². The van der Waals surface area contributed by atoms with Crippen LogP contribution in [0.5, 0.6) is 5.75 Å². The summed E-state index contributed by atoms with van der Waals surface area (Å²) in [4.78, 5) is 2.53. The first kappa shape index (κ1) is 16.0. The molecule has 1 aliphatic heterocycles. The lowest BCUT2D eigenvalue weighted by Crippen LogP contribution is -2.27. The normalized spacial score (nSPS) is 21.5. The highest BCUT2D eigenvalue weighted by Gasteiger charge is 2.27. The highest BCUT2D eigenvalue weighted by atomic mass is 16.5. The van der Waals surface area contributed by atoms with Crippen LogP contribution in [0.15, 0.2) is 54.6 Å². The third kappa shape index (κ3) is 4.34. The molecular formula is C20H26N2O. The Morgan fingerprint density at radius 1 is 1.04 bits per heavy atom. The van der Waals surface area contributed by atoms with Gasteiger partial charge in [0.2, 0.25) is 0 Å². The van der Waals surface area contributed by atoms with E-state index < -0.39 is 0 Å². The molecule has 0 bridgehead atoms. The number of hydrogen-bond acceptors (Lipinski definition) is 3. The molecule has 3 heteroatoms. The molecule has 2 aromatic rings. The quantitative estimate of drug-likeness (QED) is 0.888. The van der Waals surface area contributed by atoms with Crippen molar-refractivity contribution in [3.05, 3.63) is 65.7 Å². The van der Waals surface area contributed by atoms with E-state index in [1.54, 1.807) is 0 Å². The molecular weight excluding hydrogens is 284 g/mol. The Morgan fingerprint density at radius 2 is 1.78 bits per heavy atom. The molecule has 23 heavy (non-hydrogen) atoms. The molecule has 1 fully saturated rings. The van der Waals surface area contributed by atoms with Crippen LogP contribution in [-0.4, -0.2) is 24.0 Å². The van der Waals surface area contributed by atoms with Gasteiger partial charge in [0, 0.05) is 19.1 Å². The monoisotopic (exact) mass is 310 g/mol. The maximum absolute atomic E-state index is 5.84. The van der Waals surface area contributed by atoms with Crippen LogP contribution in [0, 0.1) is 5.92 Å². The van der Waals surface area contributed by atoms with Crippen LogP contribution in [-0.2, 0) is 13.2 Å². The van der Waals surface area contributed by atoms with Gasteiger partial charge in [-0.25, -0.2) is 0 Å². The van der Waals surface area contributed by atoms with Gasteiger partial charge < -0.3 is 10.5 Å². The molecule has 0 aliphatic carbocycles. The molecule has 3 rings (SSSR count). The Kier molecular flexibility index (Phi) is 5.31. The summed E-state index contributed by atoms with van der Waals surface area (Å²) in [5, 5.41) is 0. The van der Waals surface area contributed by atoms with E-state index >= 15 is 0 Å². The Bertz CT molecular complexity index is 597. The van der Waals surface area contributed by atoms with Gasteiger partial charge in [0.25, 0.3) is 0 Å². The summed E-state index contributed by atoms with van der Waals surface area (Å²) in [6, 6.07) is 19.4. The lowest BCUT2D eigenvalue weighted by molar-refractivity contribution is 0.255. The van der Waals surface area contributed by atoms with E-state index in [1.165, 1.54) is 17.5 Å². The van der Waals surface area contributed by atoms with E-state index in [2.05, 4.69) is 48.2 Å². The zero-order chi connectivity index (χ0) is 16.1. The Hall–Kier alpha value is -1.84. The largest absolute Gasteiger partial charge is 0.489 e. The lowest BCUT2D eigenvalue weighted by Gasteiger charge is -2.21. The van der Waals surface area contributed by atoms with E-state index in [0.29, 0.717) is 18.6 Å². The smallest absolute Gasteiger partial charge is 0.119 e. The van der Waals surface area contributed by atoms with Gasteiger partial charge in [0.05, 0.1) is 0 Å². The molecule has 1 saturated heterocycles. The molecule has 0 radical (unpaired) electrons. The summed E-state index contributed by atoms with van der Waals surface area (Å²) in [6.07, 6.45) is 1.22. The van der Waals surface area contributed by atoms with Crippen LogP contribution in [0.1, 0.15) is 24.5 Å². The Morgan fingerprint density at radius 3 is 2.43 bits per heavy atom. The van der Waals surface area contributed by atoms with Crippen molar-refractivity contribution in [2.75, 3.05) is 13.1 Å². The number of rotatable bonds is 6.